The zero-order chi connectivity index (χ0) is 13.5. The van der Waals surface area contributed by atoms with E-state index >= 15 is 0 Å². The first-order valence-corrected chi connectivity index (χ1v) is 1.83. The molecule has 0 unspecified atom stereocenters. The Kier molecular flexibility index (Phi) is 854. The van der Waals surface area contributed by atoms with Gasteiger partial charge in [-0.25, -0.2) is 0 Å². The molecule has 0 aromatic rings. The van der Waals surface area contributed by atoms with E-state index in [0.29, 0.717) is 0 Å². The summed E-state index contributed by atoms with van der Waals surface area (Å²) in [5, 5.41) is 45.0. The molecular weight excluding hydrogens is 439 g/mol. The second kappa shape index (κ2) is 311. The van der Waals surface area contributed by atoms with Gasteiger partial charge in [-0.05, 0) is 0 Å². The number of quaternary nitrogens is 1. The van der Waals surface area contributed by atoms with Crippen molar-refractivity contribution >= 4 is 0 Å². The molecular formula is H4N6O10Pt. The molecule has 4 N–H and O–H groups in total. The Morgan fingerprint density at radius 1 is 0.471 bits per heavy atom. The van der Waals surface area contributed by atoms with Crippen molar-refractivity contribution in [3.8, 4) is 0 Å². The summed E-state index contributed by atoms with van der Waals surface area (Å²) in [6, 6.07) is 0. The van der Waals surface area contributed by atoms with Gasteiger partial charge in [0.05, 0.1) is 0 Å². The zero-order valence-corrected chi connectivity index (χ0v) is 9.91. The van der Waals surface area contributed by atoms with Gasteiger partial charge in [-0.15, -0.1) is 26.7 Å². The first-order valence-electron chi connectivity index (χ1n) is 1.83. The van der Waals surface area contributed by atoms with Gasteiger partial charge in [0.1, 0.15) is 0 Å². The molecule has 0 bridgehead atoms. The minimum Gasteiger partial charge on any atom is -0.444 e. The molecule has 0 rings (SSSR count). The Hall–Kier alpha value is -2.35. The fraction of sp³-hybridized carbons (Fsp3) is 0. The molecule has 0 radical (unpaired) electrons. The maximum atomic E-state index is 8.00. The average Bonchev–Trinajstić information content (AvgIpc) is 2.09. The summed E-state index contributed by atoms with van der Waals surface area (Å²) in [5.74, 6) is 0. The summed E-state index contributed by atoms with van der Waals surface area (Å²) in [4.78, 5) is 40.0. The normalized spacial score (nSPS) is 3.53. The van der Waals surface area contributed by atoms with Gasteiger partial charge in [-0.2, -0.15) is 0 Å². The van der Waals surface area contributed by atoms with Gasteiger partial charge < -0.3 is 56.7 Å². The second-order valence-corrected chi connectivity index (χ2v) is 0.373. The van der Waals surface area contributed by atoms with E-state index in [1.54, 1.807) is 0 Å². The largest absolute Gasteiger partial charge is 4.00 e. The van der Waals surface area contributed by atoms with Crippen molar-refractivity contribution in [2.75, 3.05) is 0 Å². The number of nitrogens with zero attached hydrogens (tertiary/aromatic N) is 5. The summed E-state index contributed by atoms with van der Waals surface area (Å²) >= 11 is 0. The SMILES string of the molecule is O=N[O-].O=N[O-].O=N[O-].O=N[O-].O=N[O-].[NH4+].[Pt+4]. The predicted octanol–water partition coefficient (Wildman–Crippen LogP) is 1.63. The van der Waals surface area contributed by atoms with Gasteiger partial charge in [-0.1, -0.05) is 0 Å². The molecule has 0 aliphatic heterocycles. The standard InChI is InChI=1S/5HNO2.H3N.Pt/c5*2-1-3;;/h5*(H,2,3);1H3;/q;;;;;;+4/p-4. The first-order chi connectivity index (χ1) is 7.07. The van der Waals surface area contributed by atoms with Crippen LogP contribution in [0.3, 0.4) is 0 Å². The topological polar surface area (TPSA) is 299 Å². The van der Waals surface area contributed by atoms with Crippen molar-refractivity contribution < 1.29 is 21.1 Å². The molecule has 0 amide bonds. The van der Waals surface area contributed by atoms with Crippen LogP contribution in [0.25, 0.3) is 0 Å². The van der Waals surface area contributed by atoms with Crippen LogP contribution in [0.2, 0.25) is 0 Å². The molecule has 0 spiro atoms. The molecule has 17 heteroatoms. The van der Waals surface area contributed by atoms with E-state index in [4.69, 9.17) is 50.6 Å². The van der Waals surface area contributed by atoms with E-state index in [-0.39, 0.29) is 27.2 Å². The molecule has 104 valence electrons. The van der Waals surface area contributed by atoms with E-state index in [9.17, 15) is 0 Å². The maximum absolute atomic E-state index is 8.00. The molecule has 16 nitrogen and oxygen atoms in total. The van der Waals surface area contributed by atoms with E-state index in [2.05, 4.69) is 0 Å². The smallest absolute Gasteiger partial charge is 0.444 e. The fourth-order valence-corrected chi connectivity index (χ4v) is 0. The Bertz CT molecular complexity index is 93.1. The molecule has 0 saturated carbocycles. The summed E-state index contributed by atoms with van der Waals surface area (Å²) in [6.45, 7) is 0. The van der Waals surface area contributed by atoms with Crippen molar-refractivity contribution in [3.63, 3.8) is 0 Å². The fourth-order valence-electron chi connectivity index (χ4n) is 0. The number of hydrogen-bond acceptors (Lipinski definition) is 15. The van der Waals surface area contributed by atoms with Crippen LogP contribution < -0.4 is 6.15 Å². The quantitative estimate of drug-likeness (QED) is 0.416. The molecule has 0 aliphatic rings. The Morgan fingerprint density at radius 2 is 0.471 bits per heavy atom. The molecule has 0 aromatic carbocycles. The van der Waals surface area contributed by atoms with Gasteiger partial charge in [-0.3, -0.25) is 0 Å². The monoisotopic (exact) mass is 443 g/mol. The van der Waals surface area contributed by atoms with Crippen molar-refractivity contribution in [2.45, 2.75) is 0 Å². The summed E-state index contributed by atoms with van der Waals surface area (Å²) < 4.78 is 0. The second-order valence-electron chi connectivity index (χ2n) is 0.373. The Labute approximate surface area is 105 Å². The molecule has 0 heterocycles. The molecule has 0 atom stereocenters. The molecule has 0 aromatic heterocycles. The van der Waals surface area contributed by atoms with Gasteiger partial charge in [0.15, 0.2) is 0 Å². The minimum absolute atomic E-state index is 0. The van der Waals surface area contributed by atoms with E-state index < -0.39 is 0 Å². The summed E-state index contributed by atoms with van der Waals surface area (Å²) in [6.07, 6.45) is 0. The summed E-state index contributed by atoms with van der Waals surface area (Å²) in [5.41, 5.74) is 0. The third-order valence-corrected chi connectivity index (χ3v) is 0. The van der Waals surface area contributed by atoms with Crippen molar-refractivity contribution in [1.29, 1.82) is 0 Å². The molecule has 0 aliphatic carbocycles. The molecule has 0 saturated heterocycles. The van der Waals surface area contributed by atoms with E-state index in [1.807, 2.05) is 0 Å². The zero-order valence-electron chi connectivity index (χ0n) is 7.63. The molecule has 0 fully saturated rings. The van der Waals surface area contributed by atoms with Crippen molar-refractivity contribution in [3.05, 3.63) is 50.6 Å². The third kappa shape index (κ3) is 335. The third-order valence-electron chi connectivity index (χ3n) is 0. The summed E-state index contributed by atoms with van der Waals surface area (Å²) in [7, 11) is 0. The van der Waals surface area contributed by atoms with Gasteiger partial charge in [0.25, 0.3) is 0 Å². The number of rotatable bonds is 0. The van der Waals surface area contributed by atoms with Crippen LogP contribution in [0.15, 0.2) is 26.7 Å². The minimum atomic E-state index is 0. The van der Waals surface area contributed by atoms with E-state index in [1.165, 1.54) is 0 Å². The van der Waals surface area contributed by atoms with Gasteiger partial charge in [0, 0.05) is 0 Å². The van der Waals surface area contributed by atoms with Gasteiger partial charge in [0.2, 0.25) is 0 Å². The van der Waals surface area contributed by atoms with Crippen LogP contribution in [0, 0.1) is 50.6 Å². The maximum Gasteiger partial charge on any atom is 4.00 e. The Balaban J connectivity index is -0.0000000143. The average molecular weight is 443 g/mol. The van der Waals surface area contributed by atoms with Crippen LogP contribution in [-0.2, 0) is 21.1 Å². The van der Waals surface area contributed by atoms with Crippen LogP contribution in [0.4, 0.5) is 0 Å². The van der Waals surface area contributed by atoms with Crippen molar-refractivity contribution in [1.82, 2.24) is 6.15 Å². The van der Waals surface area contributed by atoms with Crippen LogP contribution in [0.5, 0.6) is 0 Å². The molecule has 17 heavy (non-hydrogen) atoms. The number of hydrogen-bond donors (Lipinski definition) is 1. The van der Waals surface area contributed by atoms with E-state index in [0.717, 1.165) is 26.7 Å². The van der Waals surface area contributed by atoms with Crippen LogP contribution in [0.1, 0.15) is 0 Å². The van der Waals surface area contributed by atoms with Gasteiger partial charge >= 0.3 is 21.1 Å². The Morgan fingerprint density at radius 3 is 0.471 bits per heavy atom. The van der Waals surface area contributed by atoms with Crippen molar-refractivity contribution in [2.24, 2.45) is 26.7 Å². The first kappa shape index (κ1) is 46.6. The predicted molar refractivity (Wildman–Crippen MR) is 51.8 cm³/mol. The van der Waals surface area contributed by atoms with Crippen LogP contribution in [-0.4, -0.2) is 0 Å². The van der Waals surface area contributed by atoms with Crippen LogP contribution >= 0.6 is 0 Å².